The van der Waals surface area contributed by atoms with Crippen LogP contribution in [0.5, 0.6) is 0 Å². The minimum atomic E-state index is 0.531. The van der Waals surface area contributed by atoms with Gasteiger partial charge in [0, 0.05) is 43.8 Å². The third-order valence-corrected chi connectivity index (χ3v) is 12.6. The molecule has 0 unspecified atom stereocenters. The smallest absolute Gasteiger partial charge is 0.238 e. The molecule has 0 aliphatic carbocycles. The van der Waals surface area contributed by atoms with E-state index in [9.17, 15) is 0 Å². The van der Waals surface area contributed by atoms with Crippen LogP contribution in [0.1, 0.15) is 0 Å². The third-order valence-electron chi connectivity index (χ3n) is 12.6. The Labute approximate surface area is 368 Å². The molecule has 0 aliphatic heterocycles. The topological polar surface area (TPSA) is 56.7 Å². The molecule has 0 radical (unpaired) electrons. The van der Waals surface area contributed by atoms with Gasteiger partial charge in [0.05, 0.1) is 11.0 Å². The SMILES string of the molecule is c1ccc(-c2ccc(-c3nc(-c4ccc(-c5ccccc5)cc4)nc(-n4c5cc6ccccc6cc5c5cccc(-c6c7ccccc7cc7c6oc6ccccc67)c54)n3)cc2)cc1. The lowest BCUT2D eigenvalue weighted by Gasteiger charge is -2.15. The van der Waals surface area contributed by atoms with Gasteiger partial charge in [-0.15, -0.1) is 0 Å². The lowest BCUT2D eigenvalue weighted by molar-refractivity contribution is 0.670. The normalized spacial score (nSPS) is 11.8. The number of rotatable bonds is 6. The highest BCUT2D eigenvalue weighted by molar-refractivity contribution is 6.23. The lowest BCUT2D eigenvalue weighted by Crippen LogP contribution is -2.07. The Morgan fingerprint density at radius 2 is 0.844 bits per heavy atom. The quantitative estimate of drug-likeness (QED) is 0.168. The zero-order chi connectivity index (χ0) is 42.1. The number of para-hydroxylation sites is 2. The molecule has 0 saturated carbocycles. The molecule has 0 spiro atoms. The van der Waals surface area contributed by atoms with Crippen LogP contribution in [-0.2, 0) is 0 Å². The van der Waals surface area contributed by atoms with E-state index in [2.05, 4.69) is 205 Å². The van der Waals surface area contributed by atoms with Crippen LogP contribution < -0.4 is 0 Å². The summed E-state index contributed by atoms with van der Waals surface area (Å²) in [5.41, 5.74) is 12.1. The number of hydrogen-bond donors (Lipinski definition) is 0. The summed E-state index contributed by atoms with van der Waals surface area (Å²) in [5, 5.41) is 8.93. The highest BCUT2D eigenvalue weighted by atomic mass is 16.3. The van der Waals surface area contributed by atoms with Crippen molar-refractivity contribution in [3.63, 3.8) is 0 Å². The van der Waals surface area contributed by atoms with E-state index in [-0.39, 0.29) is 0 Å². The summed E-state index contributed by atoms with van der Waals surface area (Å²) in [6.07, 6.45) is 0. The molecule has 0 aliphatic rings. The molecule has 0 saturated heterocycles. The number of fused-ring (bicyclic) bond motifs is 8. The largest absolute Gasteiger partial charge is 0.455 e. The minimum absolute atomic E-state index is 0.531. The van der Waals surface area contributed by atoms with Crippen LogP contribution in [0.3, 0.4) is 0 Å². The summed E-state index contributed by atoms with van der Waals surface area (Å²) in [6, 6.07) is 76.9. The van der Waals surface area contributed by atoms with Crippen molar-refractivity contribution in [3.8, 4) is 62.1 Å². The summed E-state index contributed by atoms with van der Waals surface area (Å²) in [7, 11) is 0. The predicted molar refractivity (Wildman–Crippen MR) is 264 cm³/mol. The van der Waals surface area contributed by atoms with Crippen LogP contribution in [0.4, 0.5) is 0 Å². The zero-order valence-corrected chi connectivity index (χ0v) is 34.5. The molecule has 298 valence electrons. The van der Waals surface area contributed by atoms with Crippen molar-refractivity contribution in [2.75, 3.05) is 0 Å². The maximum absolute atomic E-state index is 6.86. The Morgan fingerprint density at radius 3 is 1.50 bits per heavy atom. The Morgan fingerprint density at radius 1 is 0.344 bits per heavy atom. The van der Waals surface area contributed by atoms with Crippen molar-refractivity contribution >= 4 is 65.3 Å². The number of benzene rings is 10. The molecule has 0 N–H and O–H groups in total. The second-order valence-electron chi connectivity index (χ2n) is 16.4. The van der Waals surface area contributed by atoms with Gasteiger partial charge in [-0.1, -0.05) is 194 Å². The predicted octanol–water partition coefficient (Wildman–Crippen LogP) is 15.5. The van der Waals surface area contributed by atoms with E-state index in [4.69, 9.17) is 19.4 Å². The maximum atomic E-state index is 6.86. The highest BCUT2D eigenvalue weighted by Crippen LogP contribution is 2.46. The molecule has 3 aromatic heterocycles. The Hall–Kier alpha value is -8.67. The van der Waals surface area contributed by atoms with Crippen LogP contribution in [0, 0.1) is 0 Å². The van der Waals surface area contributed by atoms with Crippen molar-refractivity contribution in [1.29, 1.82) is 0 Å². The fraction of sp³-hybridized carbons (Fsp3) is 0. The van der Waals surface area contributed by atoms with Crippen molar-refractivity contribution in [1.82, 2.24) is 19.5 Å². The van der Waals surface area contributed by atoms with Crippen LogP contribution in [-0.4, -0.2) is 19.5 Å². The standard InChI is InChI=1S/C59H36N4O/c1-3-14-37(15-4-1)39-26-30-41(31-27-39)57-60-58(42-32-28-40(29-33-42)38-16-5-2-6-17-38)62-59(61-57)63-52-36-44-19-8-7-18-43(44)34-50(52)48-23-13-24-49(55(48)63)54-46-21-10-9-20-45(46)35-51-47-22-11-12-25-53(47)64-56(51)54/h1-36H. The first-order valence-corrected chi connectivity index (χ1v) is 21.6. The minimum Gasteiger partial charge on any atom is -0.455 e. The van der Waals surface area contributed by atoms with Gasteiger partial charge in [0.1, 0.15) is 11.2 Å². The van der Waals surface area contributed by atoms with E-state index in [0.717, 1.165) is 104 Å². The van der Waals surface area contributed by atoms with Gasteiger partial charge in [-0.25, -0.2) is 4.98 Å². The summed E-state index contributed by atoms with van der Waals surface area (Å²) < 4.78 is 9.12. The average molecular weight is 817 g/mol. The number of nitrogens with zero attached hydrogens (tertiary/aromatic N) is 4. The Balaban J connectivity index is 1.12. The molecule has 0 atom stereocenters. The Kier molecular flexibility index (Phi) is 8.15. The van der Waals surface area contributed by atoms with Gasteiger partial charge in [0.25, 0.3) is 0 Å². The van der Waals surface area contributed by atoms with E-state index in [1.807, 2.05) is 18.2 Å². The molecule has 0 fully saturated rings. The van der Waals surface area contributed by atoms with Gasteiger partial charge >= 0.3 is 0 Å². The van der Waals surface area contributed by atoms with Gasteiger partial charge < -0.3 is 4.42 Å². The van der Waals surface area contributed by atoms with E-state index in [1.165, 1.54) is 5.39 Å². The van der Waals surface area contributed by atoms with Crippen molar-refractivity contribution < 1.29 is 4.42 Å². The van der Waals surface area contributed by atoms with Crippen LogP contribution in [0.2, 0.25) is 0 Å². The van der Waals surface area contributed by atoms with Gasteiger partial charge in [-0.2, -0.15) is 9.97 Å². The summed E-state index contributed by atoms with van der Waals surface area (Å²) >= 11 is 0. The molecular weight excluding hydrogens is 781 g/mol. The lowest BCUT2D eigenvalue weighted by atomic mass is 9.93. The number of aromatic nitrogens is 4. The van der Waals surface area contributed by atoms with Gasteiger partial charge in [-0.05, 0) is 68.1 Å². The third kappa shape index (κ3) is 5.83. The summed E-state index contributed by atoms with van der Waals surface area (Å²) in [4.78, 5) is 16.1. The molecule has 10 aromatic carbocycles. The summed E-state index contributed by atoms with van der Waals surface area (Å²) in [6.45, 7) is 0. The van der Waals surface area contributed by atoms with Gasteiger partial charge in [0.2, 0.25) is 5.95 Å². The molecule has 13 rings (SSSR count). The van der Waals surface area contributed by atoms with Gasteiger partial charge in [-0.3, -0.25) is 4.57 Å². The molecular formula is C59H36N4O. The summed E-state index contributed by atoms with van der Waals surface area (Å²) in [5.74, 6) is 1.71. The molecule has 64 heavy (non-hydrogen) atoms. The van der Waals surface area contributed by atoms with E-state index in [0.29, 0.717) is 17.6 Å². The molecule has 0 amide bonds. The molecule has 0 bridgehead atoms. The zero-order valence-electron chi connectivity index (χ0n) is 34.5. The highest BCUT2D eigenvalue weighted by Gasteiger charge is 2.24. The van der Waals surface area contributed by atoms with Crippen LogP contribution >= 0.6 is 0 Å². The van der Waals surface area contributed by atoms with Crippen molar-refractivity contribution in [3.05, 3.63) is 218 Å². The number of hydrogen-bond acceptors (Lipinski definition) is 4. The molecule has 13 aromatic rings. The first kappa shape index (κ1) is 36.0. The van der Waals surface area contributed by atoms with Gasteiger partial charge in [0.15, 0.2) is 11.6 Å². The van der Waals surface area contributed by atoms with E-state index in [1.54, 1.807) is 0 Å². The fourth-order valence-electron chi connectivity index (χ4n) is 9.56. The van der Waals surface area contributed by atoms with Crippen molar-refractivity contribution in [2.45, 2.75) is 0 Å². The van der Waals surface area contributed by atoms with Crippen LogP contribution in [0.15, 0.2) is 223 Å². The van der Waals surface area contributed by atoms with E-state index >= 15 is 0 Å². The number of furan rings is 1. The molecule has 5 heteroatoms. The molecule has 3 heterocycles. The first-order valence-electron chi connectivity index (χ1n) is 21.6. The maximum Gasteiger partial charge on any atom is 0.238 e. The molecule has 5 nitrogen and oxygen atoms in total. The second kappa shape index (κ2) is 14.5. The van der Waals surface area contributed by atoms with E-state index < -0.39 is 0 Å². The monoisotopic (exact) mass is 816 g/mol. The Bertz CT molecular complexity index is 3830. The average Bonchev–Trinajstić information content (AvgIpc) is 3.90. The fourth-order valence-corrected chi connectivity index (χ4v) is 9.56. The first-order chi connectivity index (χ1) is 31.7. The second-order valence-corrected chi connectivity index (χ2v) is 16.4. The van der Waals surface area contributed by atoms with Crippen molar-refractivity contribution in [2.24, 2.45) is 0 Å². The van der Waals surface area contributed by atoms with Crippen LogP contribution in [0.25, 0.3) is 127 Å².